The number of hydrogen-bond acceptors (Lipinski definition) is 2. The van der Waals surface area contributed by atoms with Crippen LogP contribution < -0.4 is 9.64 Å². The molecule has 2 aliphatic carbocycles. The van der Waals surface area contributed by atoms with E-state index in [0.29, 0.717) is 5.92 Å². The third-order valence-corrected chi connectivity index (χ3v) is 3.74. The van der Waals surface area contributed by atoms with Crippen molar-refractivity contribution in [3.8, 4) is 5.75 Å². The van der Waals surface area contributed by atoms with E-state index in [-0.39, 0.29) is 0 Å². The first-order valence-corrected chi connectivity index (χ1v) is 5.77. The number of hydrogen-bond donors (Lipinski definition) is 0. The van der Waals surface area contributed by atoms with Gasteiger partial charge in [-0.2, -0.15) is 0 Å². The highest BCUT2D eigenvalue weighted by atomic mass is 16.5. The average molecular weight is 211 g/mol. The lowest BCUT2D eigenvalue weighted by atomic mass is 10.1. The number of para-hydroxylation sites is 2. The van der Waals surface area contributed by atoms with Crippen LogP contribution in [-0.4, -0.2) is 7.05 Å². The molecule has 1 heterocycles. The minimum absolute atomic E-state index is 0.635. The van der Waals surface area contributed by atoms with Gasteiger partial charge >= 0.3 is 0 Å². The van der Waals surface area contributed by atoms with Crippen LogP contribution in [0.2, 0.25) is 0 Å². The number of nitrogens with zero attached hydrogens (tertiary/aromatic N) is 1. The fourth-order valence-electron chi connectivity index (χ4n) is 2.69. The van der Waals surface area contributed by atoms with Crippen LogP contribution in [-0.2, 0) is 0 Å². The highest BCUT2D eigenvalue weighted by Crippen LogP contribution is 2.52. The molecule has 0 bridgehead atoms. The lowest BCUT2D eigenvalue weighted by Crippen LogP contribution is -2.25. The second-order valence-electron chi connectivity index (χ2n) is 4.74. The van der Waals surface area contributed by atoms with Crippen molar-refractivity contribution in [2.24, 2.45) is 11.8 Å². The van der Waals surface area contributed by atoms with Crippen molar-refractivity contribution in [2.75, 3.05) is 11.9 Å². The highest BCUT2D eigenvalue weighted by Gasteiger charge is 2.45. The van der Waals surface area contributed by atoms with Crippen molar-refractivity contribution in [1.29, 1.82) is 0 Å². The van der Waals surface area contributed by atoms with Crippen LogP contribution in [0.4, 0.5) is 5.69 Å². The fraction of sp³-hybridized carbons (Fsp3) is 0.286. The molecular weight excluding hydrogens is 198 g/mol. The number of ether oxygens (including phenoxy) is 1. The Morgan fingerprint density at radius 1 is 1.31 bits per heavy atom. The number of benzene rings is 1. The Kier molecular flexibility index (Phi) is 1.43. The van der Waals surface area contributed by atoms with Crippen LogP contribution in [0, 0.1) is 11.8 Å². The van der Waals surface area contributed by atoms with Crippen LogP contribution in [0.15, 0.2) is 47.9 Å². The molecular formula is C14H13NO. The first-order chi connectivity index (χ1) is 7.84. The SMILES string of the molecule is CN1C2=C(Oc3ccccc31)C1CC1C=C2. The van der Waals surface area contributed by atoms with Crippen molar-refractivity contribution < 1.29 is 4.74 Å². The van der Waals surface area contributed by atoms with Crippen molar-refractivity contribution in [1.82, 2.24) is 0 Å². The second kappa shape index (κ2) is 2.70. The van der Waals surface area contributed by atoms with Crippen LogP contribution in [0.3, 0.4) is 0 Å². The zero-order valence-electron chi connectivity index (χ0n) is 9.18. The number of rotatable bonds is 0. The Bertz CT molecular complexity index is 529. The van der Waals surface area contributed by atoms with Crippen molar-refractivity contribution in [2.45, 2.75) is 6.42 Å². The van der Waals surface area contributed by atoms with Gasteiger partial charge in [-0.1, -0.05) is 18.2 Å². The van der Waals surface area contributed by atoms with Crippen LogP contribution in [0.1, 0.15) is 6.42 Å². The summed E-state index contributed by atoms with van der Waals surface area (Å²) in [6, 6.07) is 8.23. The number of likely N-dealkylation sites (N-methyl/N-ethyl adjacent to an activating group) is 1. The molecule has 1 saturated carbocycles. The fourth-order valence-corrected chi connectivity index (χ4v) is 2.69. The van der Waals surface area contributed by atoms with E-state index in [9.17, 15) is 0 Å². The molecule has 0 N–H and O–H groups in total. The summed E-state index contributed by atoms with van der Waals surface area (Å²) in [5.41, 5.74) is 2.39. The molecule has 2 nitrogen and oxygen atoms in total. The van der Waals surface area contributed by atoms with Crippen molar-refractivity contribution >= 4 is 5.69 Å². The highest BCUT2D eigenvalue weighted by molar-refractivity contribution is 5.67. The number of fused-ring (bicyclic) bond motifs is 3. The standard InChI is InChI=1S/C14H13NO/c1-15-11-4-2-3-5-13(11)16-14-10-8-9(10)6-7-12(14)15/h2-7,9-10H,8H2,1H3. The summed E-state index contributed by atoms with van der Waals surface area (Å²) in [5, 5.41) is 0. The molecule has 0 amide bonds. The van der Waals surface area contributed by atoms with Crippen LogP contribution in [0.25, 0.3) is 0 Å². The smallest absolute Gasteiger partial charge is 0.150 e. The Labute approximate surface area is 94.8 Å². The maximum Gasteiger partial charge on any atom is 0.150 e. The minimum atomic E-state index is 0.635. The van der Waals surface area contributed by atoms with E-state index in [4.69, 9.17) is 4.74 Å². The van der Waals surface area contributed by atoms with E-state index in [0.717, 1.165) is 17.4 Å². The first kappa shape index (κ1) is 8.45. The summed E-state index contributed by atoms with van der Waals surface area (Å²) in [4.78, 5) is 2.24. The Balaban J connectivity index is 1.87. The summed E-state index contributed by atoms with van der Waals surface area (Å²) in [6.45, 7) is 0. The zero-order chi connectivity index (χ0) is 10.7. The molecule has 2 heteroatoms. The van der Waals surface area contributed by atoms with Gasteiger partial charge in [-0.3, -0.25) is 0 Å². The van der Waals surface area contributed by atoms with Gasteiger partial charge in [0.2, 0.25) is 0 Å². The van der Waals surface area contributed by atoms with Gasteiger partial charge in [-0.25, -0.2) is 0 Å². The molecule has 0 saturated heterocycles. The summed E-state index contributed by atoms with van der Waals surface area (Å²) in [7, 11) is 2.11. The zero-order valence-corrected chi connectivity index (χ0v) is 9.18. The Hall–Kier alpha value is -1.70. The monoisotopic (exact) mass is 211 g/mol. The molecule has 0 spiro atoms. The molecule has 4 rings (SSSR count). The normalized spacial score (nSPS) is 29.2. The molecule has 3 aliphatic rings. The third kappa shape index (κ3) is 0.967. The molecule has 80 valence electrons. The Morgan fingerprint density at radius 3 is 3.12 bits per heavy atom. The van der Waals surface area contributed by atoms with E-state index in [1.54, 1.807) is 0 Å². The maximum absolute atomic E-state index is 6.05. The average Bonchev–Trinajstić information content (AvgIpc) is 3.09. The van der Waals surface area contributed by atoms with E-state index >= 15 is 0 Å². The molecule has 1 fully saturated rings. The van der Waals surface area contributed by atoms with Gasteiger partial charge in [0.25, 0.3) is 0 Å². The second-order valence-corrected chi connectivity index (χ2v) is 4.74. The van der Waals surface area contributed by atoms with Gasteiger partial charge in [0, 0.05) is 13.0 Å². The summed E-state index contributed by atoms with van der Waals surface area (Å²) in [6.07, 6.45) is 5.78. The molecule has 1 aromatic rings. The van der Waals surface area contributed by atoms with Gasteiger partial charge in [-0.05, 0) is 30.5 Å². The third-order valence-electron chi connectivity index (χ3n) is 3.74. The molecule has 1 aromatic carbocycles. The van der Waals surface area contributed by atoms with Gasteiger partial charge in [0.1, 0.15) is 5.76 Å². The van der Waals surface area contributed by atoms with Gasteiger partial charge in [0.05, 0.1) is 11.4 Å². The molecule has 0 radical (unpaired) electrons. The minimum Gasteiger partial charge on any atom is -0.457 e. The topological polar surface area (TPSA) is 12.5 Å². The van der Waals surface area contributed by atoms with Crippen LogP contribution in [0.5, 0.6) is 5.75 Å². The molecule has 2 atom stereocenters. The van der Waals surface area contributed by atoms with Crippen molar-refractivity contribution in [3.63, 3.8) is 0 Å². The Morgan fingerprint density at radius 2 is 2.19 bits per heavy atom. The summed E-state index contributed by atoms with van der Waals surface area (Å²) in [5.74, 6) is 3.53. The first-order valence-electron chi connectivity index (χ1n) is 5.77. The predicted octanol–water partition coefficient (Wildman–Crippen LogP) is 2.93. The molecule has 0 aromatic heterocycles. The maximum atomic E-state index is 6.05. The largest absolute Gasteiger partial charge is 0.457 e. The summed E-state index contributed by atoms with van der Waals surface area (Å²) >= 11 is 0. The van der Waals surface area contributed by atoms with Gasteiger partial charge in [0.15, 0.2) is 5.75 Å². The molecule has 2 unspecified atom stereocenters. The van der Waals surface area contributed by atoms with E-state index in [1.165, 1.54) is 17.9 Å². The molecule has 16 heavy (non-hydrogen) atoms. The van der Waals surface area contributed by atoms with E-state index in [2.05, 4.69) is 36.2 Å². The lowest BCUT2D eigenvalue weighted by molar-refractivity contribution is 0.374. The predicted molar refractivity (Wildman–Crippen MR) is 63.2 cm³/mol. The number of allylic oxidation sites excluding steroid dienone is 3. The van der Waals surface area contributed by atoms with E-state index in [1.807, 2.05) is 12.1 Å². The van der Waals surface area contributed by atoms with Crippen LogP contribution >= 0.6 is 0 Å². The van der Waals surface area contributed by atoms with Gasteiger partial charge in [-0.15, -0.1) is 0 Å². The quantitative estimate of drug-likeness (QED) is 0.654. The van der Waals surface area contributed by atoms with Gasteiger partial charge < -0.3 is 9.64 Å². The number of anilines is 1. The van der Waals surface area contributed by atoms with E-state index < -0.39 is 0 Å². The lowest BCUT2D eigenvalue weighted by Gasteiger charge is -2.32. The molecule has 1 aliphatic heterocycles. The van der Waals surface area contributed by atoms with Crippen molar-refractivity contribution in [3.05, 3.63) is 47.9 Å². The summed E-state index contributed by atoms with van der Waals surface area (Å²) < 4.78 is 6.05.